The van der Waals surface area contributed by atoms with Gasteiger partial charge >= 0.3 is 0 Å². The lowest BCUT2D eigenvalue weighted by atomic mass is 9.94. The summed E-state index contributed by atoms with van der Waals surface area (Å²) in [4.78, 5) is 26.6. The summed E-state index contributed by atoms with van der Waals surface area (Å²) in [6, 6.07) is 6.99. The molecule has 1 aromatic carbocycles. The third kappa shape index (κ3) is 2.94. The van der Waals surface area contributed by atoms with Crippen LogP contribution in [0.3, 0.4) is 0 Å². The Hall–Kier alpha value is -1.84. The molecule has 0 radical (unpaired) electrons. The highest BCUT2D eigenvalue weighted by Gasteiger charge is 2.40. The molecule has 4 nitrogen and oxygen atoms in total. The van der Waals surface area contributed by atoms with Crippen molar-refractivity contribution in [2.24, 2.45) is 5.92 Å². The summed E-state index contributed by atoms with van der Waals surface area (Å²) in [5.41, 5.74) is 1.98. The van der Waals surface area contributed by atoms with E-state index in [1.165, 1.54) is 5.56 Å². The molecule has 3 unspecified atom stereocenters. The summed E-state index contributed by atoms with van der Waals surface area (Å²) in [5, 5.41) is 2.86. The summed E-state index contributed by atoms with van der Waals surface area (Å²) in [5.74, 6) is 0.0392. The predicted molar refractivity (Wildman–Crippen MR) is 84.2 cm³/mol. The molecule has 0 spiro atoms. The van der Waals surface area contributed by atoms with Crippen molar-refractivity contribution in [3.05, 3.63) is 29.8 Å². The number of piperazine rings is 1. The summed E-state index contributed by atoms with van der Waals surface area (Å²) < 4.78 is 0. The minimum absolute atomic E-state index is 0.00953. The standard InChI is InChI=1S/C17H24N2O2/c1-5-11(3)15-17(21)19(12(4)16(20)18-15)14-9-7-8-13(6-2)10-14/h7-12,15H,5-6H2,1-4H3,(H,18,20). The zero-order valence-corrected chi connectivity index (χ0v) is 13.2. The highest BCUT2D eigenvalue weighted by Crippen LogP contribution is 2.25. The van der Waals surface area contributed by atoms with Crippen LogP contribution in [0.5, 0.6) is 0 Å². The summed E-state index contributed by atoms with van der Waals surface area (Å²) in [7, 11) is 0. The summed E-state index contributed by atoms with van der Waals surface area (Å²) >= 11 is 0. The number of hydrogen-bond acceptors (Lipinski definition) is 2. The van der Waals surface area contributed by atoms with Crippen LogP contribution < -0.4 is 10.2 Å². The van der Waals surface area contributed by atoms with E-state index in [2.05, 4.69) is 12.2 Å². The Bertz CT molecular complexity index is 541. The Morgan fingerprint density at radius 1 is 1.29 bits per heavy atom. The molecule has 21 heavy (non-hydrogen) atoms. The average Bonchev–Trinajstić information content (AvgIpc) is 2.50. The molecule has 3 atom stereocenters. The van der Waals surface area contributed by atoms with E-state index in [-0.39, 0.29) is 17.7 Å². The molecular weight excluding hydrogens is 264 g/mol. The van der Waals surface area contributed by atoms with Crippen molar-refractivity contribution in [2.75, 3.05) is 4.90 Å². The molecule has 1 aliphatic rings. The molecule has 114 valence electrons. The number of rotatable bonds is 4. The first-order valence-corrected chi connectivity index (χ1v) is 7.72. The largest absolute Gasteiger partial charge is 0.342 e. The molecule has 1 heterocycles. The van der Waals surface area contributed by atoms with Gasteiger partial charge in [0.1, 0.15) is 12.1 Å². The molecule has 1 aromatic rings. The van der Waals surface area contributed by atoms with Crippen LogP contribution in [0.1, 0.15) is 39.7 Å². The molecule has 0 aromatic heterocycles. The molecule has 1 aliphatic heterocycles. The van der Waals surface area contributed by atoms with Crippen LogP contribution in [-0.4, -0.2) is 23.9 Å². The second kappa shape index (κ2) is 6.29. The highest BCUT2D eigenvalue weighted by molar-refractivity contribution is 6.08. The van der Waals surface area contributed by atoms with E-state index < -0.39 is 12.1 Å². The van der Waals surface area contributed by atoms with Gasteiger partial charge in [0.25, 0.3) is 5.91 Å². The van der Waals surface area contributed by atoms with Crippen LogP contribution in [0.15, 0.2) is 24.3 Å². The lowest BCUT2D eigenvalue weighted by Crippen LogP contribution is -2.64. The zero-order valence-electron chi connectivity index (χ0n) is 13.2. The highest BCUT2D eigenvalue weighted by atomic mass is 16.2. The van der Waals surface area contributed by atoms with E-state index >= 15 is 0 Å². The van der Waals surface area contributed by atoms with Crippen LogP contribution in [0.25, 0.3) is 0 Å². The topological polar surface area (TPSA) is 49.4 Å². The van der Waals surface area contributed by atoms with E-state index in [1.54, 1.807) is 11.8 Å². The van der Waals surface area contributed by atoms with Gasteiger partial charge in [0.05, 0.1) is 0 Å². The lowest BCUT2D eigenvalue weighted by Gasteiger charge is -2.39. The average molecular weight is 288 g/mol. The lowest BCUT2D eigenvalue weighted by molar-refractivity contribution is -0.134. The SMILES string of the molecule is CCc1cccc(N2C(=O)C(C(C)CC)NC(=O)C2C)c1. The van der Waals surface area contributed by atoms with Crippen molar-refractivity contribution in [1.82, 2.24) is 5.32 Å². The molecule has 1 N–H and O–H groups in total. The minimum atomic E-state index is -0.468. The molecule has 2 rings (SSSR count). The van der Waals surface area contributed by atoms with Crippen molar-refractivity contribution >= 4 is 17.5 Å². The Morgan fingerprint density at radius 2 is 2.00 bits per heavy atom. The summed E-state index contributed by atoms with van der Waals surface area (Å²) in [6.45, 7) is 7.89. The van der Waals surface area contributed by atoms with Gasteiger partial charge in [-0.2, -0.15) is 0 Å². The molecule has 1 fully saturated rings. The van der Waals surface area contributed by atoms with Crippen molar-refractivity contribution in [3.63, 3.8) is 0 Å². The van der Waals surface area contributed by atoms with Gasteiger partial charge in [-0.05, 0) is 37.0 Å². The number of amides is 2. The monoisotopic (exact) mass is 288 g/mol. The normalized spacial score (nSPS) is 23.9. The van der Waals surface area contributed by atoms with Gasteiger partial charge in [-0.1, -0.05) is 39.3 Å². The predicted octanol–water partition coefficient (Wildman–Crippen LogP) is 2.52. The van der Waals surface area contributed by atoms with E-state index in [9.17, 15) is 9.59 Å². The fourth-order valence-corrected chi connectivity index (χ4v) is 2.69. The van der Waals surface area contributed by atoms with Gasteiger partial charge < -0.3 is 5.32 Å². The molecule has 2 amide bonds. The number of benzene rings is 1. The zero-order chi connectivity index (χ0) is 15.6. The van der Waals surface area contributed by atoms with Gasteiger partial charge in [-0.15, -0.1) is 0 Å². The van der Waals surface area contributed by atoms with E-state index in [0.717, 1.165) is 18.5 Å². The van der Waals surface area contributed by atoms with Crippen LogP contribution >= 0.6 is 0 Å². The number of carbonyl (C=O) groups excluding carboxylic acids is 2. The Morgan fingerprint density at radius 3 is 2.62 bits per heavy atom. The van der Waals surface area contributed by atoms with Crippen LogP contribution in [0.4, 0.5) is 5.69 Å². The third-order valence-electron chi connectivity index (χ3n) is 4.38. The minimum Gasteiger partial charge on any atom is -0.342 e. The maximum absolute atomic E-state index is 12.8. The van der Waals surface area contributed by atoms with Crippen molar-refractivity contribution in [1.29, 1.82) is 0 Å². The van der Waals surface area contributed by atoms with Crippen molar-refractivity contribution < 1.29 is 9.59 Å². The Labute approximate surface area is 126 Å². The molecule has 0 aliphatic carbocycles. The number of carbonyl (C=O) groups is 2. The number of hydrogen-bond donors (Lipinski definition) is 1. The molecule has 1 saturated heterocycles. The van der Waals surface area contributed by atoms with Gasteiger partial charge in [0.2, 0.25) is 5.91 Å². The van der Waals surface area contributed by atoms with Crippen LogP contribution in [0, 0.1) is 5.92 Å². The smallest absolute Gasteiger partial charge is 0.250 e. The van der Waals surface area contributed by atoms with Crippen LogP contribution in [-0.2, 0) is 16.0 Å². The Kier molecular flexibility index (Phi) is 4.66. The number of nitrogens with zero attached hydrogens (tertiary/aromatic N) is 1. The van der Waals surface area contributed by atoms with Gasteiger partial charge in [0.15, 0.2) is 0 Å². The van der Waals surface area contributed by atoms with Crippen molar-refractivity contribution in [2.45, 2.75) is 52.6 Å². The first-order chi connectivity index (χ1) is 9.99. The van der Waals surface area contributed by atoms with E-state index in [0.29, 0.717) is 0 Å². The van der Waals surface area contributed by atoms with E-state index in [1.807, 2.05) is 38.1 Å². The Balaban J connectivity index is 2.38. The second-order valence-corrected chi connectivity index (χ2v) is 5.78. The van der Waals surface area contributed by atoms with E-state index in [4.69, 9.17) is 0 Å². The quantitative estimate of drug-likeness (QED) is 0.925. The maximum Gasteiger partial charge on any atom is 0.250 e. The molecule has 0 bridgehead atoms. The fourth-order valence-electron chi connectivity index (χ4n) is 2.69. The van der Waals surface area contributed by atoms with Crippen LogP contribution in [0.2, 0.25) is 0 Å². The number of aryl methyl sites for hydroxylation is 1. The molecule has 4 heteroatoms. The third-order valence-corrected chi connectivity index (χ3v) is 4.38. The van der Waals surface area contributed by atoms with Gasteiger partial charge in [0, 0.05) is 5.69 Å². The molecular formula is C17H24N2O2. The summed E-state index contributed by atoms with van der Waals surface area (Å²) in [6.07, 6.45) is 1.76. The second-order valence-electron chi connectivity index (χ2n) is 5.78. The number of anilines is 1. The number of nitrogens with one attached hydrogen (secondary N) is 1. The first-order valence-electron chi connectivity index (χ1n) is 7.72. The van der Waals surface area contributed by atoms with Gasteiger partial charge in [-0.25, -0.2) is 0 Å². The fraction of sp³-hybridized carbons (Fsp3) is 0.529. The van der Waals surface area contributed by atoms with Crippen molar-refractivity contribution in [3.8, 4) is 0 Å². The maximum atomic E-state index is 12.8. The van der Waals surface area contributed by atoms with Gasteiger partial charge in [-0.3, -0.25) is 14.5 Å². The first kappa shape index (κ1) is 15.5. The molecule has 0 saturated carbocycles.